The van der Waals surface area contributed by atoms with Crippen molar-refractivity contribution in [3.05, 3.63) is 71.3 Å². The maximum Gasteiger partial charge on any atom is 0.416 e. The average molecular weight is 449 g/mol. The molecule has 7 heteroatoms. The zero-order chi connectivity index (χ0) is 23.6. The van der Waals surface area contributed by atoms with E-state index in [-0.39, 0.29) is 0 Å². The number of carbonyl (C=O) groups is 1. The average Bonchev–Trinajstić information content (AvgIpc) is 2.73. The van der Waals surface area contributed by atoms with Gasteiger partial charge in [0.2, 0.25) is 0 Å². The second-order valence-electron chi connectivity index (χ2n) is 9.41. The Balaban J connectivity index is 1.90. The van der Waals surface area contributed by atoms with Gasteiger partial charge in [-0.15, -0.1) is 0 Å². The molecule has 4 nitrogen and oxygen atoms in total. The second-order valence-corrected chi connectivity index (χ2v) is 9.41. The topological polar surface area (TPSA) is 32.8 Å². The number of carbonyl (C=O) groups excluding carboxylic acids is 1. The standard InChI is InChI=1S/C25H31F3N2O2/c1-23(2,3)32-22(31)29(4)24(20-11-8-12-21(17-20)25(26,27)28)13-15-30(16-14-24)18-19-9-6-5-7-10-19/h5-12,17H,13-16,18H2,1-4H3. The van der Waals surface area contributed by atoms with Gasteiger partial charge in [-0.3, -0.25) is 4.90 Å². The number of alkyl halides is 3. The third kappa shape index (κ3) is 5.63. The molecule has 0 unspecified atom stereocenters. The Morgan fingerprint density at radius 1 is 1.03 bits per heavy atom. The number of benzene rings is 2. The molecule has 2 aromatic carbocycles. The minimum atomic E-state index is -4.45. The van der Waals surface area contributed by atoms with Crippen molar-refractivity contribution in [2.75, 3.05) is 20.1 Å². The highest BCUT2D eigenvalue weighted by molar-refractivity contribution is 5.69. The van der Waals surface area contributed by atoms with Crippen molar-refractivity contribution in [1.82, 2.24) is 9.80 Å². The Morgan fingerprint density at radius 2 is 1.66 bits per heavy atom. The lowest BCUT2D eigenvalue weighted by Gasteiger charge is -2.48. The Kier molecular flexibility index (Phi) is 6.89. The van der Waals surface area contributed by atoms with E-state index in [0.29, 0.717) is 31.5 Å². The quantitative estimate of drug-likeness (QED) is 0.570. The highest BCUT2D eigenvalue weighted by atomic mass is 19.4. The number of nitrogens with zero attached hydrogens (tertiary/aromatic N) is 2. The van der Waals surface area contributed by atoms with Gasteiger partial charge in [-0.2, -0.15) is 13.2 Å². The molecule has 0 bridgehead atoms. The van der Waals surface area contributed by atoms with Crippen molar-refractivity contribution in [2.24, 2.45) is 0 Å². The van der Waals surface area contributed by atoms with Gasteiger partial charge in [0.1, 0.15) is 5.60 Å². The van der Waals surface area contributed by atoms with Crippen LogP contribution in [0.3, 0.4) is 0 Å². The summed E-state index contributed by atoms with van der Waals surface area (Å²) < 4.78 is 45.9. The largest absolute Gasteiger partial charge is 0.444 e. The SMILES string of the molecule is CN(C(=O)OC(C)(C)C)C1(c2cccc(C(F)(F)F)c2)CCN(Cc2ccccc2)CC1. The molecule has 1 heterocycles. The van der Waals surface area contributed by atoms with Crippen LogP contribution in [0.2, 0.25) is 0 Å². The van der Waals surface area contributed by atoms with Crippen LogP contribution in [-0.2, 0) is 23.0 Å². The third-order valence-electron chi connectivity index (χ3n) is 5.97. The summed E-state index contributed by atoms with van der Waals surface area (Å²) >= 11 is 0. The van der Waals surface area contributed by atoms with Gasteiger partial charge < -0.3 is 9.64 Å². The number of ether oxygens (including phenoxy) is 1. The molecule has 2 aromatic rings. The van der Waals surface area contributed by atoms with E-state index in [1.165, 1.54) is 22.6 Å². The number of hydrogen-bond donors (Lipinski definition) is 0. The number of likely N-dealkylation sites (tertiary alicyclic amines) is 1. The zero-order valence-corrected chi connectivity index (χ0v) is 19.1. The molecular formula is C25H31F3N2O2. The first-order valence-corrected chi connectivity index (χ1v) is 10.8. The smallest absolute Gasteiger partial charge is 0.416 e. The molecule has 0 aliphatic carbocycles. The lowest BCUT2D eigenvalue weighted by atomic mass is 9.79. The van der Waals surface area contributed by atoms with E-state index >= 15 is 0 Å². The first kappa shape index (κ1) is 24.1. The molecule has 1 aliphatic heterocycles. The monoisotopic (exact) mass is 448 g/mol. The predicted molar refractivity (Wildman–Crippen MR) is 118 cm³/mol. The van der Waals surface area contributed by atoms with Crippen molar-refractivity contribution in [3.63, 3.8) is 0 Å². The molecular weight excluding hydrogens is 417 g/mol. The fourth-order valence-corrected chi connectivity index (χ4v) is 4.23. The summed E-state index contributed by atoms with van der Waals surface area (Å²) in [5.41, 5.74) is -0.621. The van der Waals surface area contributed by atoms with Crippen LogP contribution in [0.5, 0.6) is 0 Å². The maximum atomic E-state index is 13.4. The van der Waals surface area contributed by atoms with Crippen LogP contribution in [0.15, 0.2) is 54.6 Å². The summed E-state index contributed by atoms with van der Waals surface area (Å²) in [6.07, 6.45) is -3.96. The summed E-state index contributed by atoms with van der Waals surface area (Å²) in [4.78, 5) is 16.7. The second kappa shape index (κ2) is 9.14. The molecule has 0 atom stereocenters. The molecule has 1 amide bonds. The lowest BCUT2D eigenvalue weighted by molar-refractivity contribution is -0.137. The molecule has 32 heavy (non-hydrogen) atoms. The van der Waals surface area contributed by atoms with E-state index in [2.05, 4.69) is 17.0 Å². The number of amides is 1. The maximum absolute atomic E-state index is 13.4. The van der Waals surface area contributed by atoms with Crippen LogP contribution in [0.1, 0.15) is 50.3 Å². The van der Waals surface area contributed by atoms with Crippen LogP contribution in [0.25, 0.3) is 0 Å². The molecule has 0 N–H and O–H groups in total. The van der Waals surface area contributed by atoms with E-state index in [9.17, 15) is 18.0 Å². The van der Waals surface area contributed by atoms with Crippen molar-refractivity contribution < 1.29 is 22.7 Å². The Labute approximate surface area is 188 Å². The molecule has 174 valence electrons. The summed E-state index contributed by atoms with van der Waals surface area (Å²) in [5, 5.41) is 0. The van der Waals surface area contributed by atoms with Crippen LogP contribution >= 0.6 is 0 Å². The van der Waals surface area contributed by atoms with E-state index in [4.69, 9.17) is 4.74 Å². The van der Waals surface area contributed by atoms with Crippen LogP contribution in [0, 0.1) is 0 Å². The zero-order valence-electron chi connectivity index (χ0n) is 19.1. The molecule has 0 spiro atoms. The fraction of sp³-hybridized carbons (Fsp3) is 0.480. The summed E-state index contributed by atoms with van der Waals surface area (Å²) in [5.74, 6) is 0. The van der Waals surface area contributed by atoms with Gasteiger partial charge in [-0.1, -0.05) is 42.5 Å². The van der Waals surface area contributed by atoms with E-state index in [1.807, 2.05) is 18.2 Å². The third-order valence-corrected chi connectivity index (χ3v) is 5.97. The van der Waals surface area contributed by atoms with Crippen LogP contribution in [0.4, 0.5) is 18.0 Å². The van der Waals surface area contributed by atoms with Gasteiger partial charge in [0.25, 0.3) is 0 Å². The van der Waals surface area contributed by atoms with Gasteiger partial charge in [0.05, 0.1) is 11.1 Å². The number of hydrogen-bond acceptors (Lipinski definition) is 3. The minimum absolute atomic E-state index is 0.486. The van der Waals surface area contributed by atoms with E-state index < -0.39 is 29.0 Å². The molecule has 1 fully saturated rings. The number of piperidine rings is 1. The van der Waals surface area contributed by atoms with Crippen LogP contribution in [-0.4, -0.2) is 41.6 Å². The fourth-order valence-electron chi connectivity index (χ4n) is 4.23. The number of rotatable bonds is 4. The Hall–Kier alpha value is -2.54. The molecule has 0 radical (unpaired) electrons. The van der Waals surface area contributed by atoms with E-state index in [0.717, 1.165) is 12.6 Å². The van der Waals surface area contributed by atoms with Crippen molar-refractivity contribution in [2.45, 2.75) is 57.5 Å². The lowest BCUT2D eigenvalue weighted by Crippen LogP contribution is -2.54. The first-order chi connectivity index (χ1) is 14.9. The highest BCUT2D eigenvalue weighted by Crippen LogP contribution is 2.41. The summed E-state index contributed by atoms with van der Waals surface area (Å²) in [6.45, 7) is 7.39. The Morgan fingerprint density at radius 3 is 2.22 bits per heavy atom. The minimum Gasteiger partial charge on any atom is -0.444 e. The molecule has 1 aliphatic rings. The molecule has 1 saturated heterocycles. The Bertz CT molecular complexity index is 915. The van der Waals surface area contributed by atoms with Gasteiger partial charge in [0.15, 0.2) is 0 Å². The highest BCUT2D eigenvalue weighted by Gasteiger charge is 2.44. The summed E-state index contributed by atoms with van der Waals surface area (Å²) in [7, 11) is 1.63. The van der Waals surface area contributed by atoms with Crippen molar-refractivity contribution >= 4 is 6.09 Å². The van der Waals surface area contributed by atoms with E-state index in [1.54, 1.807) is 33.9 Å². The molecule has 0 saturated carbocycles. The van der Waals surface area contributed by atoms with Gasteiger partial charge in [-0.25, -0.2) is 4.79 Å². The van der Waals surface area contributed by atoms with Crippen molar-refractivity contribution in [3.8, 4) is 0 Å². The first-order valence-electron chi connectivity index (χ1n) is 10.8. The van der Waals surface area contributed by atoms with Gasteiger partial charge in [0, 0.05) is 26.7 Å². The summed E-state index contributed by atoms with van der Waals surface area (Å²) in [6, 6.07) is 15.4. The van der Waals surface area contributed by atoms with Crippen molar-refractivity contribution in [1.29, 1.82) is 0 Å². The van der Waals surface area contributed by atoms with Gasteiger partial charge >= 0.3 is 12.3 Å². The van der Waals surface area contributed by atoms with Crippen LogP contribution < -0.4 is 0 Å². The number of halogens is 3. The predicted octanol–water partition coefficient (Wildman–Crippen LogP) is 6.06. The normalized spacial score (nSPS) is 17.1. The molecule has 3 rings (SSSR count). The van der Waals surface area contributed by atoms with Gasteiger partial charge in [-0.05, 0) is 56.9 Å². The molecule has 0 aromatic heterocycles.